The highest BCUT2D eigenvalue weighted by molar-refractivity contribution is 6.37. The van der Waals surface area contributed by atoms with Gasteiger partial charge in [0.25, 0.3) is 0 Å². The van der Waals surface area contributed by atoms with Gasteiger partial charge in [-0.25, -0.2) is 4.98 Å². The normalized spacial score (nSPS) is 12.0. The average Bonchev–Trinajstić information content (AvgIpc) is 3.75. The van der Waals surface area contributed by atoms with E-state index in [9.17, 15) is 0 Å². The minimum Gasteiger partial charge on any atom is -0.455 e. The molecule has 3 aromatic heterocycles. The van der Waals surface area contributed by atoms with Crippen LogP contribution in [0.2, 0.25) is 0 Å². The van der Waals surface area contributed by atoms with Gasteiger partial charge in [0.1, 0.15) is 11.2 Å². The lowest BCUT2D eigenvalue weighted by Gasteiger charge is -2.13. The van der Waals surface area contributed by atoms with E-state index in [1.165, 1.54) is 0 Å². The second-order valence-electron chi connectivity index (χ2n) is 12.8. The molecule has 0 bridgehead atoms. The summed E-state index contributed by atoms with van der Waals surface area (Å²) in [5, 5.41) is 11.0. The van der Waals surface area contributed by atoms with Crippen molar-refractivity contribution in [3.8, 4) is 28.7 Å². The van der Waals surface area contributed by atoms with Crippen LogP contribution in [-0.4, -0.2) is 19.5 Å². The van der Waals surface area contributed by atoms with Crippen molar-refractivity contribution in [3.63, 3.8) is 0 Å². The molecule has 0 amide bonds. The van der Waals surface area contributed by atoms with Gasteiger partial charge >= 0.3 is 0 Å². The van der Waals surface area contributed by atoms with Crippen molar-refractivity contribution in [2.75, 3.05) is 0 Å². The third-order valence-corrected chi connectivity index (χ3v) is 10.0. The van der Waals surface area contributed by atoms with Crippen molar-refractivity contribution in [3.05, 3.63) is 158 Å². The highest BCUT2D eigenvalue weighted by Gasteiger charge is 2.25. The van der Waals surface area contributed by atoms with Crippen molar-refractivity contribution < 1.29 is 4.42 Å². The third kappa shape index (κ3) is 3.80. The van der Waals surface area contributed by atoms with Gasteiger partial charge in [-0.05, 0) is 28.3 Å². The summed E-state index contributed by atoms with van der Waals surface area (Å²) < 4.78 is 9.13. The van der Waals surface area contributed by atoms with E-state index in [-0.39, 0.29) is 0 Å². The molecule has 50 heavy (non-hydrogen) atoms. The van der Waals surface area contributed by atoms with Crippen LogP contribution in [0.15, 0.2) is 162 Å². The summed E-state index contributed by atoms with van der Waals surface area (Å²) in [4.78, 5) is 15.7. The first-order valence-electron chi connectivity index (χ1n) is 16.8. The van der Waals surface area contributed by atoms with Crippen molar-refractivity contribution in [2.45, 2.75) is 0 Å². The fraction of sp³-hybridized carbons (Fsp3) is 0. The zero-order valence-corrected chi connectivity index (χ0v) is 26.7. The predicted molar refractivity (Wildman–Crippen MR) is 205 cm³/mol. The summed E-state index contributed by atoms with van der Waals surface area (Å²) in [5.74, 6) is 1.81. The van der Waals surface area contributed by atoms with Crippen molar-refractivity contribution >= 4 is 76.1 Å². The summed E-state index contributed by atoms with van der Waals surface area (Å²) >= 11 is 0. The Bertz CT molecular complexity index is 3150. The van der Waals surface area contributed by atoms with Crippen molar-refractivity contribution in [2.24, 2.45) is 0 Å². The Morgan fingerprint density at radius 1 is 0.400 bits per heavy atom. The van der Waals surface area contributed by atoms with Gasteiger partial charge in [-0.3, -0.25) is 4.57 Å². The molecule has 5 nitrogen and oxygen atoms in total. The molecule has 0 saturated heterocycles. The van der Waals surface area contributed by atoms with E-state index in [1.807, 2.05) is 18.2 Å². The van der Waals surface area contributed by atoms with Crippen LogP contribution in [0.5, 0.6) is 0 Å². The Hall–Kier alpha value is -6.85. The van der Waals surface area contributed by atoms with Crippen LogP contribution in [0, 0.1) is 0 Å². The molecule has 0 aliphatic heterocycles. The summed E-state index contributed by atoms with van der Waals surface area (Å²) in [6.45, 7) is 0. The van der Waals surface area contributed by atoms with E-state index in [2.05, 4.69) is 144 Å². The molecule has 0 saturated carbocycles. The molecule has 8 aromatic carbocycles. The highest BCUT2D eigenvalue weighted by atomic mass is 16.3. The number of para-hydroxylation sites is 1. The maximum absolute atomic E-state index is 6.90. The summed E-state index contributed by atoms with van der Waals surface area (Å²) in [7, 11) is 0. The number of hydrogen-bond donors (Lipinski definition) is 0. The van der Waals surface area contributed by atoms with Gasteiger partial charge < -0.3 is 4.42 Å². The van der Waals surface area contributed by atoms with Gasteiger partial charge in [0.15, 0.2) is 11.6 Å². The van der Waals surface area contributed by atoms with E-state index in [0.717, 1.165) is 87.2 Å². The monoisotopic (exact) mass is 638 g/mol. The Morgan fingerprint density at radius 2 is 1.04 bits per heavy atom. The maximum Gasteiger partial charge on any atom is 0.238 e. The molecule has 3 heterocycles. The first-order chi connectivity index (χ1) is 24.8. The second-order valence-corrected chi connectivity index (χ2v) is 12.8. The molecule has 0 spiro atoms. The van der Waals surface area contributed by atoms with Crippen LogP contribution in [-0.2, 0) is 0 Å². The van der Waals surface area contributed by atoms with Crippen LogP contribution >= 0.6 is 0 Å². The molecule has 5 heteroatoms. The Kier molecular flexibility index (Phi) is 5.60. The molecule has 0 fully saturated rings. The number of rotatable bonds is 3. The smallest absolute Gasteiger partial charge is 0.238 e. The van der Waals surface area contributed by atoms with E-state index >= 15 is 0 Å². The van der Waals surface area contributed by atoms with E-state index < -0.39 is 0 Å². The number of hydrogen-bond acceptors (Lipinski definition) is 4. The number of nitrogens with zero attached hydrogens (tertiary/aromatic N) is 4. The Balaban J connectivity index is 1.33. The summed E-state index contributed by atoms with van der Waals surface area (Å²) in [6, 6.07) is 54.8. The van der Waals surface area contributed by atoms with E-state index in [0.29, 0.717) is 17.6 Å². The lowest BCUT2D eigenvalue weighted by Crippen LogP contribution is -2.06. The maximum atomic E-state index is 6.90. The van der Waals surface area contributed by atoms with Gasteiger partial charge in [0.2, 0.25) is 5.95 Å². The fourth-order valence-corrected chi connectivity index (χ4v) is 7.83. The van der Waals surface area contributed by atoms with Gasteiger partial charge in [-0.15, -0.1) is 0 Å². The highest BCUT2D eigenvalue weighted by Crippen LogP contribution is 2.47. The molecular formula is C45H26N4O. The molecule has 0 aliphatic carbocycles. The fourth-order valence-electron chi connectivity index (χ4n) is 7.83. The first-order valence-corrected chi connectivity index (χ1v) is 16.8. The predicted octanol–water partition coefficient (Wildman–Crippen LogP) is 11.7. The van der Waals surface area contributed by atoms with Crippen LogP contribution in [0.25, 0.3) is 105 Å². The second kappa shape index (κ2) is 10.3. The van der Waals surface area contributed by atoms with E-state index in [1.54, 1.807) is 0 Å². The van der Waals surface area contributed by atoms with Gasteiger partial charge in [-0.2, -0.15) is 9.97 Å². The van der Waals surface area contributed by atoms with E-state index in [4.69, 9.17) is 19.4 Å². The SMILES string of the molecule is c1ccc(-c2nc(-c3cccc4ccccc34)nc(-n3c4ccccc4c4c5c6ccc7ccccc7c6oc5c5ccccc5c43)n2)cc1. The summed E-state index contributed by atoms with van der Waals surface area (Å²) in [6.07, 6.45) is 0. The van der Waals surface area contributed by atoms with Gasteiger partial charge in [0.05, 0.1) is 11.0 Å². The standard InChI is InChI=1S/C45H26N4O/c1-2-15-29(16-3-1)43-46-44(34-23-12-17-27-13-4-6-18-30(27)34)48-45(47-43)49-37-24-11-10-22-35(37)38-39-36-26-25-28-14-5-7-19-31(28)41(36)50-42(39)33-21-9-8-20-32(33)40(38)49/h1-26H. The Morgan fingerprint density at radius 3 is 1.88 bits per heavy atom. The molecule has 11 aromatic rings. The minimum atomic E-state index is 0.566. The topological polar surface area (TPSA) is 56.7 Å². The zero-order chi connectivity index (χ0) is 32.8. The molecular weight excluding hydrogens is 613 g/mol. The quantitative estimate of drug-likeness (QED) is 0.193. The van der Waals surface area contributed by atoms with Crippen LogP contribution in [0.4, 0.5) is 0 Å². The lowest BCUT2D eigenvalue weighted by molar-refractivity contribution is 0.676. The van der Waals surface area contributed by atoms with Crippen LogP contribution in [0.1, 0.15) is 0 Å². The zero-order valence-electron chi connectivity index (χ0n) is 26.7. The van der Waals surface area contributed by atoms with Crippen LogP contribution < -0.4 is 0 Å². The average molecular weight is 639 g/mol. The molecule has 0 N–H and O–H groups in total. The third-order valence-electron chi connectivity index (χ3n) is 10.0. The molecule has 0 atom stereocenters. The largest absolute Gasteiger partial charge is 0.455 e. The van der Waals surface area contributed by atoms with Crippen molar-refractivity contribution in [1.82, 2.24) is 19.5 Å². The molecule has 232 valence electrons. The Labute approximate surface area is 285 Å². The van der Waals surface area contributed by atoms with Gasteiger partial charge in [0, 0.05) is 48.8 Å². The summed E-state index contributed by atoms with van der Waals surface area (Å²) in [5.41, 5.74) is 5.74. The number of furan rings is 1. The van der Waals surface area contributed by atoms with Gasteiger partial charge in [-0.1, -0.05) is 146 Å². The molecule has 0 radical (unpaired) electrons. The van der Waals surface area contributed by atoms with Crippen molar-refractivity contribution in [1.29, 1.82) is 0 Å². The number of fused-ring (bicyclic) bond motifs is 13. The molecule has 0 unspecified atom stereocenters. The minimum absolute atomic E-state index is 0.566. The van der Waals surface area contributed by atoms with Crippen LogP contribution in [0.3, 0.4) is 0 Å². The lowest BCUT2D eigenvalue weighted by atomic mass is 9.98. The number of benzene rings is 8. The molecule has 11 rings (SSSR count). The first kappa shape index (κ1) is 27.1. The molecule has 0 aliphatic rings. The number of aromatic nitrogens is 4.